The van der Waals surface area contributed by atoms with E-state index in [0.29, 0.717) is 17.2 Å². The van der Waals surface area contributed by atoms with Gasteiger partial charge in [0.2, 0.25) is 0 Å². The summed E-state index contributed by atoms with van der Waals surface area (Å²) < 4.78 is 12.8. The number of hydrazine groups is 1. The highest BCUT2D eigenvalue weighted by Crippen LogP contribution is 2.02. The standard InChI is InChI=1S/C17H18FN3OS/c18-15-10-8-14(9-11-15)16(22)20-21-17(23)19-12-4-7-13-5-2-1-3-6-13/h1-3,5-6,8-11H,4,7,12H2,(H,20,22)(H2,19,21,23). The van der Waals surface area contributed by atoms with Gasteiger partial charge in [0, 0.05) is 12.1 Å². The first-order chi connectivity index (χ1) is 11.1. The number of benzene rings is 2. The summed E-state index contributed by atoms with van der Waals surface area (Å²) in [6.45, 7) is 0.702. The van der Waals surface area contributed by atoms with Crippen molar-refractivity contribution in [2.45, 2.75) is 12.8 Å². The molecule has 0 saturated carbocycles. The number of amides is 1. The van der Waals surface area contributed by atoms with Gasteiger partial charge in [0.15, 0.2) is 5.11 Å². The molecule has 0 spiro atoms. The predicted molar refractivity (Wildman–Crippen MR) is 92.4 cm³/mol. The molecule has 2 aromatic carbocycles. The van der Waals surface area contributed by atoms with Gasteiger partial charge in [-0.05, 0) is 54.9 Å². The molecule has 0 radical (unpaired) electrons. The third kappa shape index (κ3) is 6.04. The Balaban J connectivity index is 1.63. The second-order valence-corrected chi connectivity index (χ2v) is 5.34. The van der Waals surface area contributed by atoms with Gasteiger partial charge in [-0.1, -0.05) is 30.3 Å². The number of carbonyl (C=O) groups is 1. The Morgan fingerprint density at radius 2 is 1.70 bits per heavy atom. The Morgan fingerprint density at radius 3 is 2.39 bits per heavy atom. The molecule has 120 valence electrons. The highest BCUT2D eigenvalue weighted by molar-refractivity contribution is 7.80. The van der Waals surface area contributed by atoms with Crippen LogP contribution >= 0.6 is 12.2 Å². The van der Waals surface area contributed by atoms with Gasteiger partial charge in [0.05, 0.1) is 0 Å². The first-order valence-electron chi connectivity index (χ1n) is 7.29. The topological polar surface area (TPSA) is 53.2 Å². The molecule has 0 fully saturated rings. The zero-order chi connectivity index (χ0) is 16.5. The first-order valence-corrected chi connectivity index (χ1v) is 7.69. The third-order valence-electron chi connectivity index (χ3n) is 3.17. The second kappa shape index (κ2) is 8.85. The van der Waals surface area contributed by atoms with E-state index in [0.717, 1.165) is 12.8 Å². The Morgan fingerprint density at radius 1 is 1.00 bits per heavy atom. The first kappa shape index (κ1) is 16.9. The van der Waals surface area contributed by atoms with Crippen LogP contribution in [0.4, 0.5) is 4.39 Å². The summed E-state index contributed by atoms with van der Waals surface area (Å²) in [5, 5.41) is 3.36. The number of nitrogens with one attached hydrogen (secondary N) is 3. The second-order valence-electron chi connectivity index (χ2n) is 4.93. The lowest BCUT2D eigenvalue weighted by atomic mass is 10.1. The fourth-order valence-electron chi connectivity index (χ4n) is 1.97. The molecule has 0 unspecified atom stereocenters. The van der Waals surface area contributed by atoms with E-state index in [1.165, 1.54) is 29.8 Å². The monoisotopic (exact) mass is 331 g/mol. The lowest BCUT2D eigenvalue weighted by Crippen LogP contribution is -2.47. The van der Waals surface area contributed by atoms with Crippen LogP contribution in [0.2, 0.25) is 0 Å². The molecule has 23 heavy (non-hydrogen) atoms. The van der Waals surface area contributed by atoms with E-state index < -0.39 is 0 Å². The van der Waals surface area contributed by atoms with Crippen LogP contribution in [-0.4, -0.2) is 17.6 Å². The highest BCUT2D eigenvalue weighted by Gasteiger charge is 2.05. The van der Waals surface area contributed by atoms with E-state index >= 15 is 0 Å². The lowest BCUT2D eigenvalue weighted by molar-refractivity contribution is 0.0943. The Hall–Kier alpha value is -2.47. The van der Waals surface area contributed by atoms with Crippen LogP contribution < -0.4 is 16.2 Å². The van der Waals surface area contributed by atoms with Crippen LogP contribution in [0.25, 0.3) is 0 Å². The number of halogens is 1. The molecule has 4 nitrogen and oxygen atoms in total. The summed E-state index contributed by atoms with van der Waals surface area (Å²) in [5.74, 6) is -0.761. The number of carbonyl (C=O) groups excluding carboxylic acids is 1. The van der Waals surface area contributed by atoms with E-state index in [-0.39, 0.29) is 11.7 Å². The average Bonchev–Trinajstić information content (AvgIpc) is 2.58. The summed E-state index contributed by atoms with van der Waals surface area (Å²) >= 11 is 5.08. The van der Waals surface area contributed by atoms with Crippen molar-refractivity contribution in [2.75, 3.05) is 6.54 Å². The fraction of sp³-hybridized carbons (Fsp3) is 0.176. The zero-order valence-corrected chi connectivity index (χ0v) is 13.3. The van der Waals surface area contributed by atoms with Crippen LogP contribution in [0, 0.1) is 5.82 Å². The zero-order valence-electron chi connectivity index (χ0n) is 12.5. The Kier molecular flexibility index (Phi) is 6.50. The molecule has 1 amide bonds. The maximum absolute atomic E-state index is 12.8. The van der Waals surface area contributed by atoms with Crippen molar-refractivity contribution >= 4 is 23.2 Å². The van der Waals surface area contributed by atoms with E-state index in [1.807, 2.05) is 18.2 Å². The average molecular weight is 331 g/mol. The van der Waals surface area contributed by atoms with Gasteiger partial charge in [-0.15, -0.1) is 0 Å². The molecule has 6 heteroatoms. The molecule has 0 aromatic heterocycles. The summed E-state index contributed by atoms with van der Waals surface area (Å²) in [5.41, 5.74) is 6.71. The highest BCUT2D eigenvalue weighted by atomic mass is 32.1. The van der Waals surface area contributed by atoms with Crippen LogP contribution in [0.5, 0.6) is 0 Å². The molecular weight excluding hydrogens is 313 g/mol. The van der Waals surface area contributed by atoms with Crippen LogP contribution in [0.1, 0.15) is 22.3 Å². The number of hydrogen-bond acceptors (Lipinski definition) is 2. The molecule has 0 atom stereocenters. The van der Waals surface area contributed by atoms with Gasteiger partial charge >= 0.3 is 0 Å². The van der Waals surface area contributed by atoms with Crippen molar-refractivity contribution in [3.05, 3.63) is 71.5 Å². The summed E-state index contributed by atoms with van der Waals surface area (Å²) in [6.07, 6.45) is 1.89. The van der Waals surface area contributed by atoms with Crippen molar-refractivity contribution in [1.29, 1.82) is 0 Å². The van der Waals surface area contributed by atoms with Crippen LogP contribution in [0.3, 0.4) is 0 Å². The Labute approximate surface area is 140 Å². The lowest BCUT2D eigenvalue weighted by Gasteiger charge is -2.11. The van der Waals surface area contributed by atoms with E-state index in [4.69, 9.17) is 12.2 Å². The van der Waals surface area contributed by atoms with E-state index in [9.17, 15) is 9.18 Å². The molecular formula is C17H18FN3OS. The van der Waals surface area contributed by atoms with Crippen molar-refractivity contribution in [3.63, 3.8) is 0 Å². The molecule has 0 bridgehead atoms. The maximum atomic E-state index is 12.8. The van der Waals surface area contributed by atoms with Gasteiger partial charge in [-0.3, -0.25) is 15.6 Å². The molecule has 0 aliphatic heterocycles. The fourth-order valence-corrected chi connectivity index (χ4v) is 2.12. The quantitative estimate of drug-likeness (QED) is 0.448. The molecule has 2 aromatic rings. The van der Waals surface area contributed by atoms with Crippen LogP contribution in [-0.2, 0) is 6.42 Å². The minimum absolute atomic E-state index is 0.341. The van der Waals surface area contributed by atoms with E-state index in [2.05, 4.69) is 28.3 Å². The molecule has 2 rings (SSSR count). The summed E-state index contributed by atoms with van der Waals surface area (Å²) in [7, 11) is 0. The number of thiocarbonyl (C=S) groups is 1. The third-order valence-corrected chi connectivity index (χ3v) is 3.41. The molecule has 0 aliphatic rings. The molecule has 0 saturated heterocycles. The maximum Gasteiger partial charge on any atom is 0.269 e. The molecule has 3 N–H and O–H groups in total. The van der Waals surface area contributed by atoms with Crippen LogP contribution in [0.15, 0.2) is 54.6 Å². The minimum atomic E-state index is -0.384. The van der Waals surface area contributed by atoms with Crippen molar-refractivity contribution in [1.82, 2.24) is 16.2 Å². The smallest absolute Gasteiger partial charge is 0.269 e. The van der Waals surface area contributed by atoms with Crippen molar-refractivity contribution in [3.8, 4) is 0 Å². The summed E-state index contributed by atoms with van der Waals surface area (Å²) in [4.78, 5) is 11.8. The normalized spacial score (nSPS) is 9.96. The van der Waals surface area contributed by atoms with Gasteiger partial charge in [-0.2, -0.15) is 0 Å². The number of aryl methyl sites for hydroxylation is 1. The minimum Gasteiger partial charge on any atom is -0.361 e. The number of rotatable bonds is 5. The predicted octanol–water partition coefficient (Wildman–Crippen LogP) is 2.57. The Bertz CT molecular complexity index is 647. The van der Waals surface area contributed by atoms with E-state index in [1.54, 1.807) is 0 Å². The van der Waals surface area contributed by atoms with Gasteiger partial charge in [0.1, 0.15) is 5.82 Å². The van der Waals surface area contributed by atoms with Gasteiger partial charge < -0.3 is 5.32 Å². The summed E-state index contributed by atoms with van der Waals surface area (Å²) in [6, 6.07) is 15.5. The SMILES string of the molecule is O=C(NNC(=S)NCCCc1ccccc1)c1ccc(F)cc1. The van der Waals surface area contributed by atoms with Gasteiger partial charge in [0.25, 0.3) is 5.91 Å². The largest absolute Gasteiger partial charge is 0.361 e. The van der Waals surface area contributed by atoms with Crippen molar-refractivity contribution in [2.24, 2.45) is 0 Å². The number of hydrogen-bond donors (Lipinski definition) is 3. The molecule has 0 heterocycles. The van der Waals surface area contributed by atoms with Crippen molar-refractivity contribution < 1.29 is 9.18 Å². The van der Waals surface area contributed by atoms with Gasteiger partial charge in [-0.25, -0.2) is 4.39 Å². The molecule has 0 aliphatic carbocycles.